The monoisotopic (exact) mass is 281 g/mol. The Morgan fingerprint density at radius 2 is 2.05 bits per heavy atom. The Bertz CT molecular complexity index is 539. The lowest BCUT2D eigenvalue weighted by Gasteiger charge is -2.15. The summed E-state index contributed by atoms with van der Waals surface area (Å²) >= 11 is 0. The van der Waals surface area contributed by atoms with Crippen molar-refractivity contribution in [2.45, 2.75) is 25.8 Å². The van der Waals surface area contributed by atoms with E-state index in [0.717, 1.165) is 5.56 Å². The third-order valence-corrected chi connectivity index (χ3v) is 5.31. The van der Waals surface area contributed by atoms with E-state index in [1.165, 1.54) is 0 Å². The maximum atomic E-state index is 11.9. The molecule has 1 N–H and O–H groups in total. The van der Waals surface area contributed by atoms with Crippen molar-refractivity contribution in [1.82, 2.24) is 5.32 Å². The van der Waals surface area contributed by atoms with Crippen molar-refractivity contribution in [2.24, 2.45) is 5.92 Å². The van der Waals surface area contributed by atoms with Crippen molar-refractivity contribution in [3.05, 3.63) is 35.9 Å². The van der Waals surface area contributed by atoms with E-state index in [1.54, 1.807) is 0 Å². The van der Waals surface area contributed by atoms with E-state index in [2.05, 4.69) is 5.32 Å². The number of carbonyl (C=O) groups excluding carboxylic acids is 1. The van der Waals surface area contributed by atoms with E-state index in [0.29, 0.717) is 12.8 Å². The van der Waals surface area contributed by atoms with Crippen LogP contribution in [0.25, 0.3) is 0 Å². The molecule has 1 aliphatic heterocycles. The van der Waals surface area contributed by atoms with Gasteiger partial charge in [0, 0.05) is 6.42 Å². The molecule has 1 heterocycles. The van der Waals surface area contributed by atoms with Gasteiger partial charge in [-0.3, -0.25) is 4.79 Å². The molecule has 1 amide bonds. The minimum Gasteiger partial charge on any atom is -0.350 e. The minimum absolute atomic E-state index is 0.0204. The van der Waals surface area contributed by atoms with E-state index < -0.39 is 9.84 Å². The predicted octanol–water partition coefficient (Wildman–Crippen LogP) is 1.69. The van der Waals surface area contributed by atoms with Gasteiger partial charge in [0.15, 0.2) is 9.84 Å². The average Bonchev–Trinajstić information content (AvgIpc) is 2.69. The molecule has 19 heavy (non-hydrogen) atoms. The first-order valence-corrected chi connectivity index (χ1v) is 8.33. The van der Waals surface area contributed by atoms with Gasteiger partial charge in [0.1, 0.15) is 0 Å². The fraction of sp³-hybridized carbons (Fsp3) is 0.500. The molecule has 0 unspecified atom stereocenters. The summed E-state index contributed by atoms with van der Waals surface area (Å²) in [5.74, 6) is 0.283. The molecule has 0 radical (unpaired) electrons. The molecule has 4 nitrogen and oxygen atoms in total. The molecular formula is C14H19NO3S. The number of hydrogen-bond donors (Lipinski definition) is 1. The van der Waals surface area contributed by atoms with E-state index in [-0.39, 0.29) is 29.4 Å². The lowest BCUT2D eigenvalue weighted by molar-refractivity contribution is -0.122. The molecule has 2 atom stereocenters. The molecule has 0 bridgehead atoms. The van der Waals surface area contributed by atoms with Crippen LogP contribution in [0, 0.1) is 5.92 Å². The number of benzene rings is 1. The lowest BCUT2D eigenvalue weighted by atomic mass is 10.0. The predicted molar refractivity (Wildman–Crippen MR) is 74.4 cm³/mol. The van der Waals surface area contributed by atoms with Crippen LogP contribution in [0.5, 0.6) is 0 Å². The topological polar surface area (TPSA) is 63.2 Å². The zero-order valence-corrected chi connectivity index (χ0v) is 11.8. The van der Waals surface area contributed by atoms with Gasteiger partial charge in [-0.1, -0.05) is 30.3 Å². The fourth-order valence-corrected chi connectivity index (χ4v) is 4.28. The van der Waals surface area contributed by atoms with Crippen molar-refractivity contribution in [3.63, 3.8) is 0 Å². The van der Waals surface area contributed by atoms with Gasteiger partial charge < -0.3 is 5.32 Å². The smallest absolute Gasteiger partial charge is 0.220 e. The van der Waals surface area contributed by atoms with Gasteiger partial charge in [-0.15, -0.1) is 0 Å². The molecule has 1 saturated heterocycles. The third-order valence-electron chi connectivity index (χ3n) is 3.48. The number of rotatable bonds is 4. The first-order valence-electron chi connectivity index (χ1n) is 6.51. The highest BCUT2D eigenvalue weighted by molar-refractivity contribution is 7.91. The zero-order chi connectivity index (χ0) is 13.9. The Morgan fingerprint density at radius 3 is 2.63 bits per heavy atom. The number of carbonyl (C=O) groups is 1. The average molecular weight is 281 g/mol. The second-order valence-electron chi connectivity index (χ2n) is 5.17. The largest absolute Gasteiger partial charge is 0.350 e. The summed E-state index contributed by atoms with van der Waals surface area (Å²) in [4.78, 5) is 11.9. The summed E-state index contributed by atoms with van der Waals surface area (Å²) in [6.07, 6.45) is 0.909. The number of amides is 1. The second kappa shape index (κ2) is 5.74. The van der Waals surface area contributed by atoms with Gasteiger partial charge in [0.05, 0.1) is 17.5 Å². The first-order chi connectivity index (χ1) is 8.96. The third kappa shape index (κ3) is 4.06. The van der Waals surface area contributed by atoms with E-state index in [4.69, 9.17) is 0 Å². The molecule has 1 aromatic carbocycles. The van der Waals surface area contributed by atoms with Crippen LogP contribution >= 0.6 is 0 Å². The van der Waals surface area contributed by atoms with Crippen molar-refractivity contribution >= 4 is 15.7 Å². The molecule has 1 aromatic rings. The summed E-state index contributed by atoms with van der Waals surface area (Å²) < 4.78 is 22.7. The fourth-order valence-electron chi connectivity index (χ4n) is 2.42. The van der Waals surface area contributed by atoms with Crippen LogP contribution in [0.4, 0.5) is 0 Å². The molecule has 0 aliphatic carbocycles. The Kier molecular flexibility index (Phi) is 4.24. The minimum atomic E-state index is -2.90. The molecular weight excluding hydrogens is 262 g/mol. The zero-order valence-electron chi connectivity index (χ0n) is 11.0. The molecule has 1 fully saturated rings. The van der Waals surface area contributed by atoms with Crippen molar-refractivity contribution in [2.75, 3.05) is 11.5 Å². The van der Waals surface area contributed by atoms with Crippen LogP contribution < -0.4 is 5.32 Å². The molecule has 0 spiro atoms. The first kappa shape index (κ1) is 14.1. The van der Waals surface area contributed by atoms with Crippen LogP contribution in [0.2, 0.25) is 0 Å². The lowest BCUT2D eigenvalue weighted by Crippen LogP contribution is -2.28. The van der Waals surface area contributed by atoms with Gasteiger partial charge in [-0.25, -0.2) is 8.42 Å². The highest BCUT2D eigenvalue weighted by Gasteiger charge is 2.29. The van der Waals surface area contributed by atoms with Crippen molar-refractivity contribution in [1.29, 1.82) is 0 Å². The van der Waals surface area contributed by atoms with E-state index in [9.17, 15) is 13.2 Å². The molecule has 0 saturated carbocycles. The van der Waals surface area contributed by atoms with Gasteiger partial charge >= 0.3 is 0 Å². The number of hydrogen-bond acceptors (Lipinski definition) is 3. The second-order valence-corrected chi connectivity index (χ2v) is 7.40. The maximum Gasteiger partial charge on any atom is 0.220 e. The number of nitrogens with one attached hydrogen (secondary N) is 1. The molecule has 5 heteroatoms. The summed E-state index contributed by atoms with van der Waals surface area (Å²) in [7, 11) is -2.90. The summed E-state index contributed by atoms with van der Waals surface area (Å²) in [6.45, 7) is 1.93. The molecule has 2 rings (SSSR count). The van der Waals surface area contributed by atoms with Gasteiger partial charge in [-0.2, -0.15) is 0 Å². The van der Waals surface area contributed by atoms with Crippen molar-refractivity contribution < 1.29 is 13.2 Å². The van der Waals surface area contributed by atoms with Gasteiger partial charge in [0.25, 0.3) is 0 Å². The standard InChI is InChI=1S/C14H19NO3S/c1-11(13-5-3-2-4-6-13)15-14(16)9-12-7-8-19(17,18)10-12/h2-6,11-12H,7-10H2,1H3,(H,15,16)/t11-,12-/m1/s1. The normalized spacial score (nSPS) is 22.9. The SMILES string of the molecule is C[C@@H](NC(=O)C[C@H]1CCS(=O)(=O)C1)c1ccccc1. The number of sulfone groups is 1. The van der Waals surface area contributed by atoms with Crippen LogP contribution in [-0.4, -0.2) is 25.8 Å². The molecule has 104 valence electrons. The molecule has 0 aromatic heterocycles. The Balaban J connectivity index is 1.85. The highest BCUT2D eigenvalue weighted by Crippen LogP contribution is 2.22. The van der Waals surface area contributed by atoms with Gasteiger partial charge in [0.2, 0.25) is 5.91 Å². The highest BCUT2D eigenvalue weighted by atomic mass is 32.2. The van der Waals surface area contributed by atoms with E-state index >= 15 is 0 Å². The van der Waals surface area contributed by atoms with Crippen LogP contribution in [0.1, 0.15) is 31.4 Å². The van der Waals surface area contributed by atoms with Crippen molar-refractivity contribution in [3.8, 4) is 0 Å². The van der Waals surface area contributed by atoms with Crippen LogP contribution in [-0.2, 0) is 14.6 Å². The summed E-state index contributed by atoms with van der Waals surface area (Å²) in [5.41, 5.74) is 1.05. The Labute approximate surface area is 114 Å². The summed E-state index contributed by atoms with van der Waals surface area (Å²) in [6, 6.07) is 9.67. The Morgan fingerprint density at radius 1 is 1.37 bits per heavy atom. The van der Waals surface area contributed by atoms with E-state index in [1.807, 2.05) is 37.3 Å². The van der Waals surface area contributed by atoms with Crippen LogP contribution in [0.15, 0.2) is 30.3 Å². The summed E-state index contributed by atoms with van der Waals surface area (Å²) in [5, 5.41) is 2.92. The van der Waals surface area contributed by atoms with Gasteiger partial charge in [-0.05, 0) is 24.8 Å². The molecule has 1 aliphatic rings. The quantitative estimate of drug-likeness (QED) is 0.913. The Hall–Kier alpha value is -1.36. The van der Waals surface area contributed by atoms with Crippen LogP contribution in [0.3, 0.4) is 0 Å². The maximum absolute atomic E-state index is 11.9.